The van der Waals surface area contributed by atoms with E-state index in [0.29, 0.717) is 15.8 Å². The Morgan fingerprint density at radius 2 is 2.07 bits per heavy atom. The highest BCUT2D eigenvalue weighted by Gasteiger charge is 2.43. The summed E-state index contributed by atoms with van der Waals surface area (Å²) >= 11 is 10.9. The first-order chi connectivity index (χ1) is 6.79. The number of nitrogens with one attached hydrogen (secondary N) is 1. The molecule has 1 unspecified atom stereocenters. The molecular formula is C9H15Cl2NO3. The molecular weight excluding hydrogens is 241 g/mol. The minimum Gasteiger partial charge on any atom is -0.464 e. The standard InChI is InChI=1S/C7H10Cl2.C2H5NO3/c1-7(2)4-5(7)3-6(8)9;1-6-3-2(4)5/h3,5H,4H2,1-2H3;3H,1H3,(H,4,5). The van der Waals surface area contributed by atoms with E-state index >= 15 is 0 Å². The lowest BCUT2D eigenvalue weighted by atomic mass is 10.1. The lowest BCUT2D eigenvalue weighted by Gasteiger charge is -1.94. The fraction of sp³-hybridized carbons (Fsp3) is 0.667. The highest BCUT2D eigenvalue weighted by Crippen LogP contribution is 2.53. The quantitative estimate of drug-likeness (QED) is 0.746. The molecule has 1 rings (SSSR count). The van der Waals surface area contributed by atoms with Gasteiger partial charge in [0.25, 0.3) is 0 Å². The fourth-order valence-electron chi connectivity index (χ4n) is 1.03. The van der Waals surface area contributed by atoms with E-state index in [-0.39, 0.29) is 0 Å². The highest BCUT2D eigenvalue weighted by atomic mass is 35.5. The molecule has 0 aliphatic heterocycles. The Labute approximate surface area is 99.1 Å². The Morgan fingerprint density at radius 3 is 2.13 bits per heavy atom. The van der Waals surface area contributed by atoms with Crippen LogP contribution in [0.1, 0.15) is 20.3 Å². The van der Waals surface area contributed by atoms with Crippen LogP contribution in [-0.4, -0.2) is 18.3 Å². The molecule has 1 fully saturated rings. The lowest BCUT2D eigenvalue weighted by Crippen LogP contribution is -2.18. The van der Waals surface area contributed by atoms with Gasteiger partial charge in [0.05, 0.1) is 7.11 Å². The highest BCUT2D eigenvalue weighted by molar-refractivity contribution is 6.55. The summed E-state index contributed by atoms with van der Waals surface area (Å²) in [5.41, 5.74) is 2.08. The molecule has 0 saturated heterocycles. The molecule has 4 nitrogen and oxygen atoms in total. The van der Waals surface area contributed by atoms with Gasteiger partial charge >= 0.3 is 6.09 Å². The molecule has 88 valence electrons. The van der Waals surface area contributed by atoms with Crippen LogP contribution in [0, 0.1) is 11.3 Å². The van der Waals surface area contributed by atoms with Crippen molar-refractivity contribution in [2.24, 2.45) is 11.3 Å². The molecule has 15 heavy (non-hydrogen) atoms. The Morgan fingerprint density at radius 1 is 1.60 bits per heavy atom. The third-order valence-electron chi connectivity index (χ3n) is 2.11. The van der Waals surface area contributed by atoms with E-state index in [1.54, 1.807) is 5.48 Å². The summed E-state index contributed by atoms with van der Waals surface area (Å²) in [5, 5.41) is 7.68. The van der Waals surface area contributed by atoms with Crippen LogP contribution < -0.4 is 5.48 Å². The topological polar surface area (TPSA) is 58.6 Å². The number of halogens is 2. The van der Waals surface area contributed by atoms with Crippen molar-refractivity contribution < 1.29 is 14.7 Å². The smallest absolute Gasteiger partial charge is 0.428 e. The van der Waals surface area contributed by atoms with Crippen LogP contribution in [0.25, 0.3) is 0 Å². The third kappa shape index (κ3) is 7.48. The molecule has 2 N–H and O–H groups in total. The zero-order valence-electron chi connectivity index (χ0n) is 8.88. The molecule has 1 saturated carbocycles. The Kier molecular flexibility index (Phi) is 6.02. The molecule has 0 aromatic carbocycles. The number of carbonyl (C=O) groups is 1. The maximum atomic E-state index is 9.36. The van der Waals surface area contributed by atoms with Gasteiger partial charge in [0, 0.05) is 0 Å². The molecule has 0 heterocycles. The molecule has 1 aliphatic rings. The Hall–Kier alpha value is -0.450. The van der Waals surface area contributed by atoms with E-state index in [2.05, 4.69) is 18.7 Å². The Balaban J connectivity index is 0.000000288. The first-order valence-electron chi connectivity index (χ1n) is 4.34. The van der Waals surface area contributed by atoms with Crippen LogP contribution >= 0.6 is 23.2 Å². The van der Waals surface area contributed by atoms with E-state index < -0.39 is 6.09 Å². The van der Waals surface area contributed by atoms with Crippen LogP contribution in [0.5, 0.6) is 0 Å². The van der Waals surface area contributed by atoms with Crippen LogP contribution in [0.3, 0.4) is 0 Å². The zero-order chi connectivity index (χ0) is 12.1. The van der Waals surface area contributed by atoms with E-state index in [4.69, 9.17) is 28.3 Å². The normalized spacial score (nSPS) is 20.7. The number of rotatable bonds is 2. The monoisotopic (exact) mass is 255 g/mol. The molecule has 1 aliphatic carbocycles. The second-order valence-electron chi connectivity index (χ2n) is 3.87. The number of hydrogen-bond acceptors (Lipinski definition) is 2. The van der Waals surface area contributed by atoms with E-state index in [0.717, 1.165) is 0 Å². The van der Waals surface area contributed by atoms with Gasteiger partial charge in [-0.05, 0) is 17.8 Å². The predicted molar refractivity (Wildman–Crippen MR) is 59.8 cm³/mol. The van der Waals surface area contributed by atoms with Gasteiger partial charge in [-0.2, -0.15) is 0 Å². The SMILES string of the molecule is CC1(C)CC1C=C(Cl)Cl.CONC(=O)O. The minimum absolute atomic E-state index is 0.408. The molecule has 1 amide bonds. The van der Waals surface area contributed by atoms with Gasteiger partial charge in [-0.15, -0.1) is 0 Å². The van der Waals surface area contributed by atoms with Gasteiger partial charge in [0.15, 0.2) is 0 Å². The van der Waals surface area contributed by atoms with E-state index in [1.165, 1.54) is 13.5 Å². The van der Waals surface area contributed by atoms with Crippen LogP contribution in [0.2, 0.25) is 0 Å². The summed E-state index contributed by atoms with van der Waals surface area (Å²) in [5.74, 6) is 0.613. The van der Waals surface area contributed by atoms with Crippen molar-refractivity contribution >= 4 is 29.3 Å². The summed E-state index contributed by atoms with van der Waals surface area (Å²) in [7, 11) is 1.23. The molecule has 0 aromatic rings. The fourth-order valence-corrected chi connectivity index (χ4v) is 1.34. The van der Waals surface area contributed by atoms with Gasteiger partial charge in [0.2, 0.25) is 0 Å². The van der Waals surface area contributed by atoms with E-state index in [1.807, 2.05) is 6.08 Å². The van der Waals surface area contributed by atoms with Crippen molar-refractivity contribution in [3.05, 3.63) is 10.6 Å². The zero-order valence-corrected chi connectivity index (χ0v) is 10.4. The number of amides is 1. The van der Waals surface area contributed by atoms with Crippen LogP contribution in [-0.2, 0) is 4.84 Å². The number of allylic oxidation sites excluding steroid dienone is 1. The van der Waals surface area contributed by atoms with Crippen LogP contribution in [0.4, 0.5) is 4.79 Å². The molecule has 0 bridgehead atoms. The van der Waals surface area contributed by atoms with Gasteiger partial charge in [-0.25, -0.2) is 10.3 Å². The number of hydrogen-bond donors (Lipinski definition) is 2. The largest absolute Gasteiger partial charge is 0.464 e. The van der Waals surface area contributed by atoms with Crippen molar-refractivity contribution in [2.45, 2.75) is 20.3 Å². The minimum atomic E-state index is -1.18. The molecule has 0 radical (unpaired) electrons. The number of hydroxylamine groups is 1. The maximum Gasteiger partial charge on any atom is 0.428 e. The summed E-state index contributed by atoms with van der Waals surface area (Å²) in [6.45, 7) is 4.43. The van der Waals surface area contributed by atoms with Crippen molar-refractivity contribution in [1.29, 1.82) is 0 Å². The predicted octanol–water partition coefficient (Wildman–Crippen LogP) is 3.17. The molecule has 1 atom stereocenters. The first-order valence-corrected chi connectivity index (χ1v) is 5.10. The summed E-state index contributed by atoms with van der Waals surface area (Å²) < 4.78 is 0.408. The molecule has 6 heteroatoms. The first kappa shape index (κ1) is 14.6. The van der Waals surface area contributed by atoms with Gasteiger partial charge in [-0.1, -0.05) is 43.1 Å². The Bertz CT molecular complexity index is 250. The molecule has 0 spiro atoms. The average Bonchev–Trinajstić information content (AvgIpc) is 2.57. The summed E-state index contributed by atoms with van der Waals surface area (Å²) in [6, 6.07) is 0. The third-order valence-corrected chi connectivity index (χ3v) is 2.36. The second-order valence-corrected chi connectivity index (χ2v) is 4.87. The van der Waals surface area contributed by atoms with Gasteiger partial charge < -0.3 is 5.11 Å². The summed E-state index contributed by atoms with van der Waals surface area (Å²) in [4.78, 5) is 13.3. The summed E-state index contributed by atoms with van der Waals surface area (Å²) in [6.07, 6.45) is 1.96. The number of carboxylic acid groups (broad SMARTS) is 1. The average molecular weight is 256 g/mol. The van der Waals surface area contributed by atoms with Gasteiger partial charge in [-0.3, -0.25) is 4.84 Å². The lowest BCUT2D eigenvalue weighted by molar-refractivity contribution is 0.0805. The molecule has 0 aromatic heterocycles. The van der Waals surface area contributed by atoms with Crippen molar-refractivity contribution in [2.75, 3.05) is 7.11 Å². The van der Waals surface area contributed by atoms with Crippen molar-refractivity contribution in [3.63, 3.8) is 0 Å². The van der Waals surface area contributed by atoms with Gasteiger partial charge in [0.1, 0.15) is 4.49 Å². The van der Waals surface area contributed by atoms with E-state index in [9.17, 15) is 4.79 Å². The van der Waals surface area contributed by atoms with Crippen LogP contribution in [0.15, 0.2) is 10.6 Å². The maximum absolute atomic E-state index is 9.36. The van der Waals surface area contributed by atoms with Crippen molar-refractivity contribution in [1.82, 2.24) is 5.48 Å². The second kappa shape index (κ2) is 6.20. The van der Waals surface area contributed by atoms with Crippen molar-refractivity contribution in [3.8, 4) is 0 Å².